The van der Waals surface area contributed by atoms with Gasteiger partial charge in [0.05, 0.1) is 24.3 Å². The van der Waals surface area contributed by atoms with E-state index in [0.29, 0.717) is 11.7 Å². The van der Waals surface area contributed by atoms with E-state index < -0.39 is 0 Å². The molecule has 0 saturated carbocycles. The van der Waals surface area contributed by atoms with E-state index in [1.807, 2.05) is 18.6 Å². The maximum absolute atomic E-state index is 6.02. The van der Waals surface area contributed by atoms with Crippen LogP contribution in [0.2, 0.25) is 5.15 Å². The monoisotopic (exact) mass is 328 g/mol. The molecule has 0 aromatic carbocycles. The molecule has 18 heavy (non-hydrogen) atoms. The number of nitrogens with zero attached hydrogens (tertiary/aromatic N) is 3. The molecule has 0 atom stereocenters. The predicted molar refractivity (Wildman–Crippen MR) is 76.8 cm³/mol. The second-order valence-electron chi connectivity index (χ2n) is 3.92. The van der Waals surface area contributed by atoms with Crippen molar-refractivity contribution >= 4 is 33.2 Å². The quantitative estimate of drug-likeness (QED) is 0.850. The Hall–Kier alpha value is -1.07. The zero-order valence-electron chi connectivity index (χ0n) is 10.0. The maximum atomic E-state index is 6.02. The Labute approximate surface area is 120 Å². The SMILES string of the molecule is CCCn1cncc1CNc1cc(Br)cnc1Cl. The zero-order valence-corrected chi connectivity index (χ0v) is 12.4. The Morgan fingerprint density at radius 2 is 2.28 bits per heavy atom. The van der Waals surface area contributed by atoms with Crippen LogP contribution in [0.3, 0.4) is 0 Å². The topological polar surface area (TPSA) is 42.7 Å². The van der Waals surface area contributed by atoms with Crippen LogP contribution in [0, 0.1) is 0 Å². The lowest BCUT2D eigenvalue weighted by molar-refractivity contribution is 0.651. The minimum Gasteiger partial charge on any atom is -0.377 e. The van der Waals surface area contributed by atoms with Crippen molar-refractivity contribution in [2.75, 3.05) is 5.32 Å². The van der Waals surface area contributed by atoms with Crippen molar-refractivity contribution in [1.82, 2.24) is 14.5 Å². The Morgan fingerprint density at radius 3 is 3.06 bits per heavy atom. The number of pyridine rings is 1. The van der Waals surface area contributed by atoms with Gasteiger partial charge in [0, 0.05) is 23.4 Å². The molecule has 6 heteroatoms. The third-order valence-corrected chi connectivity index (χ3v) is 3.26. The van der Waals surface area contributed by atoms with Crippen molar-refractivity contribution in [3.63, 3.8) is 0 Å². The average Bonchev–Trinajstić information content (AvgIpc) is 2.78. The third kappa shape index (κ3) is 3.23. The number of rotatable bonds is 5. The highest BCUT2D eigenvalue weighted by Crippen LogP contribution is 2.23. The van der Waals surface area contributed by atoms with E-state index in [1.54, 1.807) is 6.20 Å². The molecule has 0 aliphatic heterocycles. The van der Waals surface area contributed by atoms with Gasteiger partial charge in [0.25, 0.3) is 0 Å². The van der Waals surface area contributed by atoms with Crippen LogP contribution in [0.5, 0.6) is 0 Å². The molecular formula is C12H14BrClN4. The van der Waals surface area contributed by atoms with Crippen LogP contribution in [0.25, 0.3) is 0 Å². The minimum atomic E-state index is 0.472. The highest BCUT2D eigenvalue weighted by atomic mass is 79.9. The van der Waals surface area contributed by atoms with Crippen LogP contribution < -0.4 is 5.32 Å². The molecule has 2 aromatic heterocycles. The molecular weight excluding hydrogens is 316 g/mol. The Morgan fingerprint density at radius 1 is 1.44 bits per heavy atom. The molecule has 0 saturated heterocycles. The summed E-state index contributed by atoms with van der Waals surface area (Å²) in [6.45, 7) is 3.80. The first-order chi connectivity index (χ1) is 8.70. The first-order valence-electron chi connectivity index (χ1n) is 5.74. The first-order valence-corrected chi connectivity index (χ1v) is 6.91. The van der Waals surface area contributed by atoms with Gasteiger partial charge in [-0.2, -0.15) is 0 Å². The lowest BCUT2D eigenvalue weighted by atomic mass is 10.3. The number of halogens is 2. The molecule has 0 amide bonds. The van der Waals surface area contributed by atoms with Gasteiger partial charge in [-0.25, -0.2) is 9.97 Å². The van der Waals surface area contributed by atoms with Crippen molar-refractivity contribution in [3.05, 3.63) is 40.1 Å². The van der Waals surface area contributed by atoms with E-state index in [9.17, 15) is 0 Å². The summed E-state index contributed by atoms with van der Waals surface area (Å²) in [5.41, 5.74) is 1.95. The number of hydrogen-bond acceptors (Lipinski definition) is 3. The lowest BCUT2D eigenvalue weighted by Gasteiger charge is -2.10. The van der Waals surface area contributed by atoms with Gasteiger partial charge >= 0.3 is 0 Å². The van der Waals surface area contributed by atoms with Crippen molar-refractivity contribution in [3.8, 4) is 0 Å². The fourth-order valence-corrected chi connectivity index (χ4v) is 2.17. The number of aryl methyl sites for hydroxylation is 1. The molecule has 0 spiro atoms. The average molecular weight is 330 g/mol. The summed E-state index contributed by atoms with van der Waals surface area (Å²) in [7, 11) is 0. The van der Waals surface area contributed by atoms with Gasteiger partial charge in [-0.05, 0) is 28.4 Å². The van der Waals surface area contributed by atoms with Crippen LogP contribution in [-0.4, -0.2) is 14.5 Å². The summed E-state index contributed by atoms with van der Waals surface area (Å²) in [4.78, 5) is 8.23. The molecule has 4 nitrogen and oxygen atoms in total. The number of hydrogen-bond donors (Lipinski definition) is 1. The van der Waals surface area contributed by atoms with Crippen LogP contribution >= 0.6 is 27.5 Å². The molecule has 96 valence electrons. The van der Waals surface area contributed by atoms with Crippen molar-refractivity contribution in [2.24, 2.45) is 0 Å². The Bertz CT molecular complexity index is 527. The van der Waals surface area contributed by atoms with Crippen molar-refractivity contribution in [1.29, 1.82) is 0 Å². The third-order valence-electron chi connectivity index (χ3n) is 2.53. The van der Waals surface area contributed by atoms with Gasteiger partial charge in [0.15, 0.2) is 5.15 Å². The molecule has 2 heterocycles. The fraction of sp³-hybridized carbons (Fsp3) is 0.333. The van der Waals surface area contributed by atoms with E-state index in [-0.39, 0.29) is 0 Å². The summed E-state index contributed by atoms with van der Waals surface area (Å²) in [5, 5.41) is 3.74. The standard InChI is InChI=1S/C12H14BrClN4/c1-2-3-18-8-15-6-10(18)7-16-11-4-9(13)5-17-12(11)14/h4-6,8,16H,2-3,7H2,1H3. The molecule has 0 aliphatic rings. The van der Waals surface area contributed by atoms with Crippen LogP contribution in [-0.2, 0) is 13.1 Å². The molecule has 0 radical (unpaired) electrons. The lowest BCUT2D eigenvalue weighted by Crippen LogP contribution is -2.07. The number of imidazole rings is 1. The van der Waals surface area contributed by atoms with Crippen LogP contribution in [0.15, 0.2) is 29.3 Å². The van der Waals surface area contributed by atoms with E-state index in [0.717, 1.165) is 28.8 Å². The van der Waals surface area contributed by atoms with Crippen molar-refractivity contribution in [2.45, 2.75) is 26.4 Å². The summed E-state index contributed by atoms with van der Waals surface area (Å²) in [6, 6.07) is 1.91. The summed E-state index contributed by atoms with van der Waals surface area (Å²) in [5.74, 6) is 0. The van der Waals surface area contributed by atoms with Gasteiger partial charge in [-0.1, -0.05) is 18.5 Å². The molecule has 0 bridgehead atoms. The van der Waals surface area contributed by atoms with Gasteiger partial charge < -0.3 is 9.88 Å². The second-order valence-corrected chi connectivity index (χ2v) is 5.20. The number of anilines is 1. The Kier molecular flexibility index (Phi) is 4.60. The summed E-state index contributed by atoms with van der Waals surface area (Å²) >= 11 is 9.40. The molecule has 2 rings (SSSR count). The highest BCUT2D eigenvalue weighted by Gasteiger charge is 2.05. The molecule has 2 aromatic rings. The van der Waals surface area contributed by atoms with Crippen LogP contribution in [0.1, 0.15) is 19.0 Å². The van der Waals surface area contributed by atoms with Gasteiger partial charge in [-0.3, -0.25) is 0 Å². The van der Waals surface area contributed by atoms with E-state index in [2.05, 4.69) is 42.7 Å². The predicted octanol–water partition coefficient (Wildman–Crippen LogP) is 3.72. The fourth-order valence-electron chi connectivity index (χ4n) is 1.67. The summed E-state index contributed by atoms with van der Waals surface area (Å²) in [6.07, 6.45) is 6.47. The zero-order chi connectivity index (χ0) is 13.0. The number of nitrogens with one attached hydrogen (secondary N) is 1. The highest BCUT2D eigenvalue weighted by molar-refractivity contribution is 9.10. The Balaban J connectivity index is 2.06. The normalized spacial score (nSPS) is 10.6. The van der Waals surface area contributed by atoms with Gasteiger partial charge in [-0.15, -0.1) is 0 Å². The van der Waals surface area contributed by atoms with E-state index in [4.69, 9.17) is 11.6 Å². The van der Waals surface area contributed by atoms with Crippen LogP contribution in [0.4, 0.5) is 5.69 Å². The second kappa shape index (κ2) is 6.20. The van der Waals surface area contributed by atoms with Gasteiger partial charge in [0.1, 0.15) is 0 Å². The molecule has 0 unspecified atom stereocenters. The molecule has 0 aliphatic carbocycles. The first kappa shape index (κ1) is 13.4. The van der Waals surface area contributed by atoms with Gasteiger partial charge in [0.2, 0.25) is 0 Å². The minimum absolute atomic E-state index is 0.472. The van der Waals surface area contributed by atoms with E-state index >= 15 is 0 Å². The van der Waals surface area contributed by atoms with Crippen molar-refractivity contribution < 1.29 is 0 Å². The smallest absolute Gasteiger partial charge is 0.152 e. The maximum Gasteiger partial charge on any atom is 0.152 e. The molecule has 0 fully saturated rings. The number of aromatic nitrogens is 3. The summed E-state index contributed by atoms with van der Waals surface area (Å²) < 4.78 is 3.03. The molecule has 1 N–H and O–H groups in total. The largest absolute Gasteiger partial charge is 0.377 e. The van der Waals surface area contributed by atoms with E-state index in [1.165, 1.54) is 0 Å².